The lowest BCUT2D eigenvalue weighted by Gasteiger charge is -2.45. The van der Waals surface area contributed by atoms with Crippen LogP contribution in [0.5, 0.6) is 0 Å². The number of urea groups is 1. The molecule has 2 N–H and O–H groups in total. The van der Waals surface area contributed by atoms with Crippen LogP contribution in [0.25, 0.3) is 0 Å². The minimum absolute atomic E-state index is 0.0219. The van der Waals surface area contributed by atoms with Crippen molar-refractivity contribution in [3.63, 3.8) is 0 Å². The van der Waals surface area contributed by atoms with Crippen molar-refractivity contribution in [2.45, 2.75) is 75.0 Å². The average Bonchev–Trinajstić information content (AvgIpc) is 3.77. The maximum Gasteiger partial charge on any atom is 0.416 e. The highest BCUT2D eigenvalue weighted by atomic mass is 19.4. The van der Waals surface area contributed by atoms with Gasteiger partial charge in [0.25, 0.3) is 0 Å². The Kier molecular flexibility index (Phi) is 8.69. The lowest BCUT2D eigenvalue weighted by molar-refractivity contribution is -0.137. The molecular formula is C34H40F4N4O3. The zero-order valence-corrected chi connectivity index (χ0v) is 25.2. The summed E-state index contributed by atoms with van der Waals surface area (Å²) in [5.74, 6) is -0.630. The maximum absolute atomic E-state index is 14.3. The third kappa shape index (κ3) is 6.60. The molecule has 1 saturated carbocycles. The van der Waals surface area contributed by atoms with Crippen molar-refractivity contribution in [3.8, 4) is 0 Å². The number of fused-ring (bicyclic) bond motifs is 2. The molecule has 3 saturated heterocycles. The molecule has 7 nitrogen and oxygen atoms in total. The Morgan fingerprint density at radius 1 is 1.07 bits per heavy atom. The van der Waals surface area contributed by atoms with Gasteiger partial charge < -0.3 is 20.2 Å². The highest BCUT2D eigenvalue weighted by Crippen LogP contribution is 2.44. The van der Waals surface area contributed by atoms with E-state index in [4.69, 9.17) is 0 Å². The number of alkyl halides is 3. The number of carbonyl (C=O) groups is 2. The van der Waals surface area contributed by atoms with Crippen LogP contribution in [0.1, 0.15) is 55.2 Å². The predicted molar refractivity (Wildman–Crippen MR) is 160 cm³/mol. The van der Waals surface area contributed by atoms with Gasteiger partial charge in [-0.15, -0.1) is 6.58 Å². The van der Waals surface area contributed by atoms with Gasteiger partial charge in [-0.2, -0.15) is 13.2 Å². The fourth-order valence-electron chi connectivity index (χ4n) is 7.63. The molecule has 4 aliphatic rings. The fourth-order valence-corrected chi connectivity index (χ4v) is 7.63. The summed E-state index contributed by atoms with van der Waals surface area (Å²) in [6, 6.07) is 10.8. The Balaban J connectivity index is 1.12. The molecule has 45 heavy (non-hydrogen) atoms. The minimum Gasteiger partial charge on any atom is -0.383 e. The number of rotatable bonds is 9. The van der Waals surface area contributed by atoms with E-state index in [1.54, 1.807) is 28.0 Å². The summed E-state index contributed by atoms with van der Waals surface area (Å²) in [6.07, 6.45) is 2.36. The van der Waals surface area contributed by atoms with Crippen LogP contribution < -0.4 is 5.32 Å². The third-order valence-corrected chi connectivity index (χ3v) is 10.2. The van der Waals surface area contributed by atoms with Gasteiger partial charge in [0.05, 0.1) is 12.1 Å². The molecule has 3 heterocycles. The Morgan fingerprint density at radius 3 is 2.36 bits per heavy atom. The van der Waals surface area contributed by atoms with Gasteiger partial charge >= 0.3 is 12.2 Å². The van der Waals surface area contributed by atoms with E-state index in [0.717, 1.165) is 50.7 Å². The van der Waals surface area contributed by atoms with Crippen molar-refractivity contribution in [2.24, 2.45) is 11.8 Å². The molecule has 4 fully saturated rings. The Bertz CT molecular complexity index is 1400. The molecule has 3 aliphatic heterocycles. The summed E-state index contributed by atoms with van der Waals surface area (Å²) in [7, 11) is 0. The van der Waals surface area contributed by atoms with Gasteiger partial charge in [0.15, 0.2) is 0 Å². The van der Waals surface area contributed by atoms with Crippen LogP contribution in [0.15, 0.2) is 61.2 Å². The Hall–Kier alpha value is -3.44. The standard InChI is InChI=1S/C34H40F4N4O3/c1-2-14-41(32(44)39-18-22-6-10-24(11-7-22)34(36,37)38)30-16-28-12-13-29(17-30)42(28)20-26-19-40(31(43)23-8-9-23)21-33(26,45)25-4-3-5-27(35)15-25/h2-7,10-11,15,23,26,28-30,45H,1,8-9,12-14,16-21H2,(H,39,44). The first kappa shape index (κ1) is 31.5. The highest BCUT2D eigenvalue weighted by Gasteiger charge is 2.53. The van der Waals surface area contributed by atoms with E-state index >= 15 is 0 Å². The van der Waals surface area contributed by atoms with Gasteiger partial charge in [-0.25, -0.2) is 9.18 Å². The summed E-state index contributed by atoms with van der Waals surface area (Å²) in [5.41, 5.74) is -1.04. The lowest BCUT2D eigenvalue weighted by atomic mass is 9.82. The van der Waals surface area contributed by atoms with Crippen molar-refractivity contribution < 1.29 is 32.3 Å². The highest BCUT2D eigenvalue weighted by molar-refractivity contribution is 5.81. The smallest absolute Gasteiger partial charge is 0.383 e. The number of benzene rings is 2. The monoisotopic (exact) mass is 628 g/mol. The molecule has 2 aromatic rings. The van der Waals surface area contributed by atoms with E-state index in [0.29, 0.717) is 30.8 Å². The Labute approximate surface area is 260 Å². The molecule has 0 aromatic heterocycles. The molecule has 4 atom stereocenters. The first-order valence-corrected chi connectivity index (χ1v) is 15.8. The SMILES string of the molecule is C=CCN(C(=O)NCc1ccc(C(F)(F)F)cc1)C1CC2CCC(C1)N2CC1CN(C(=O)C2CC2)CC1(O)c1cccc(F)c1. The second-order valence-electron chi connectivity index (χ2n) is 13.1. The summed E-state index contributed by atoms with van der Waals surface area (Å²) in [4.78, 5) is 32.3. The number of piperidine rings is 1. The summed E-state index contributed by atoms with van der Waals surface area (Å²) >= 11 is 0. The van der Waals surface area contributed by atoms with Crippen molar-refractivity contribution >= 4 is 11.9 Å². The average molecular weight is 629 g/mol. The summed E-state index contributed by atoms with van der Waals surface area (Å²) < 4.78 is 53.0. The van der Waals surface area contributed by atoms with Gasteiger partial charge in [0.2, 0.25) is 5.91 Å². The van der Waals surface area contributed by atoms with Crippen LogP contribution in [-0.2, 0) is 23.1 Å². The minimum atomic E-state index is -4.42. The Morgan fingerprint density at radius 2 is 1.76 bits per heavy atom. The lowest BCUT2D eigenvalue weighted by Crippen LogP contribution is -2.55. The van der Waals surface area contributed by atoms with E-state index in [2.05, 4.69) is 16.8 Å². The van der Waals surface area contributed by atoms with Crippen LogP contribution in [0.2, 0.25) is 0 Å². The van der Waals surface area contributed by atoms with E-state index in [1.807, 2.05) is 0 Å². The number of nitrogens with one attached hydrogen (secondary N) is 1. The topological polar surface area (TPSA) is 76.1 Å². The van der Waals surface area contributed by atoms with E-state index in [9.17, 15) is 32.3 Å². The number of likely N-dealkylation sites (tertiary alicyclic amines) is 1. The molecule has 6 rings (SSSR count). The molecule has 4 unspecified atom stereocenters. The van der Waals surface area contributed by atoms with Crippen LogP contribution in [-0.4, -0.2) is 76.0 Å². The van der Waals surface area contributed by atoms with E-state index < -0.39 is 23.2 Å². The van der Waals surface area contributed by atoms with Crippen LogP contribution in [0.3, 0.4) is 0 Å². The number of amides is 3. The van der Waals surface area contributed by atoms with Gasteiger partial charge in [-0.1, -0.05) is 30.3 Å². The first-order valence-electron chi connectivity index (χ1n) is 15.8. The summed E-state index contributed by atoms with van der Waals surface area (Å²) in [6.45, 7) is 5.39. The summed E-state index contributed by atoms with van der Waals surface area (Å²) in [5, 5.41) is 14.9. The van der Waals surface area contributed by atoms with Crippen molar-refractivity contribution in [2.75, 3.05) is 26.2 Å². The number of nitrogens with zero attached hydrogens (tertiary/aromatic N) is 3. The number of halogens is 4. The second-order valence-corrected chi connectivity index (χ2v) is 13.1. The number of β-amino-alcohol motifs (C(OH)–C–C–N with tert-alkyl or cyclic N) is 1. The van der Waals surface area contributed by atoms with Crippen LogP contribution in [0, 0.1) is 17.7 Å². The van der Waals surface area contributed by atoms with Gasteiger partial charge in [-0.05, 0) is 73.9 Å². The van der Waals surface area contributed by atoms with Gasteiger partial charge in [-0.3, -0.25) is 9.69 Å². The molecule has 242 valence electrons. The van der Waals surface area contributed by atoms with Gasteiger partial charge in [0, 0.05) is 56.1 Å². The maximum atomic E-state index is 14.3. The third-order valence-electron chi connectivity index (χ3n) is 10.2. The molecule has 2 bridgehead atoms. The molecule has 2 aromatic carbocycles. The molecule has 3 amide bonds. The van der Waals surface area contributed by atoms with E-state index in [1.165, 1.54) is 24.3 Å². The predicted octanol–water partition coefficient (Wildman–Crippen LogP) is 5.29. The molecular weight excluding hydrogens is 588 g/mol. The normalized spacial score (nSPS) is 28.2. The van der Waals surface area contributed by atoms with Crippen molar-refractivity contribution in [3.05, 3.63) is 83.7 Å². The molecule has 0 radical (unpaired) electrons. The number of hydrogen-bond donors (Lipinski definition) is 2. The quantitative estimate of drug-likeness (QED) is 0.292. The molecule has 0 spiro atoms. The van der Waals surface area contributed by atoms with Crippen LogP contribution >= 0.6 is 0 Å². The largest absolute Gasteiger partial charge is 0.416 e. The number of carbonyl (C=O) groups excluding carboxylic acids is 2. The van der Waals surface area contributed by atoms with Crippen molar-refractivity contribution in [1.82, 2.24) is 20.0 Å². The zero-order chi connectivity index (χ0) is 31.9. The molecule has 11 heteroatoms. The second kappa shape index (κ2) is 12.4. The van der Waals surface area contributed by atoms with Crippen LogP contribution in [0.4, 0.5) is 22.4 Å². The van der Waals surface area contributed by atoms with Gasteiger partial charge in [0.1, 0.15) is 11.4 Å². The van der Waals surface area contributed by atoms with E-state index in [-0.39, 0.29) is 55.0 Å². The number of aliphatic hydroxyl groups is 1. The zero-order valence-electron chi connectivity index (χ0n) is 25.2. The molecule has 1 aliphatic carbocycles. The van der Waals surface area contributed by atoms with Crippen molar-refractivity contribution in [1.29, 1.82) is 0 Å². The number of hydrogen-bond acceptors (Lipinski definition) is 4. The fraction of sp³-hybridized carbons (Fsp3) is 0.529. The first-order chi connectivity index (χ1) is 21.5.